The molecule has 0 N–H and O–H groups in total. The van der Waals surface area contributed by atoms with E-state index in [-0.39, 0.29) is 0 Å². The lowest BCUT2D eigenvalue weighted by molar-refractivity contribution is 1.10. The maximum atomic E-state index is 9.62. The monoisotopic (exact) mass is 600 g/mol. The third kappa shape index (κ3) is 4.15. The Bertz CT molecular complexity index is 3990. The lowest BCUT2D eigenvalue weighted by Crippen LogP contribution is -1.97. The summed E-state index contributed by atoms with van der Waals surface area (Å²) >= 11 is 0. The molecule has 0 radical (unpaired) electrons. The average Bonchev–Trinajstić information content (AvgIpc) is 3.74. The third-order valence-corrected chi connectivity index (χ3v) is 6.99. The molecule has 8 aromatic carbocycles. The van der Waals surface area contributed by atoms with E-state index in [0.29, 0.717) is 4.57 Å². The van der Waals surface area contributed by atoms with Gasteiger partial charge in [0.15, 0.2) is 0 Å². The molecule has 2 nitrogen and oxygen atoms in total. The van der Waals surface area contributed by atoms with Crippen molar-refractivity contribution >= 4 is 43.4 Å². The van der Waals surface area contributed by atoms with Crippen LogP contribution >= 0.6 is 0 Å². The molecule has 0 atom stereocenters. The highest BCUT2D eigenvalue weighted by Gasteiger charge is 2.18. The van der Waals surface area contributed by atoms with E-state index in [2.05, 4.69) is 4.98 Å². The summed E-state index contributed by atoms with van der Waals surface area (Å²) in [5.74, 6) is -0.801. The van der Waals surface area contributed by atoms with Crippen molar-refractivity contribution in [3.05, 3.63) is 169 Å². The van der Waals surface area contributed by atoms with Crippen LogP contribution in [0.2, 0.25) is 0 Å². The van der Waals surface area contributed by atoms with Crippen LogP contribution in [0.1, 0.15) is 38.4 Å². The molecule has 9 aromatic rings. The maximum absolute atomic E-state index is 9.62. The number of hydrogen-bond acceptors (Lipinski definition) is 1. The zero-order valence-electron chi connectivity index (χ0n) is 50.4. The fourth-order valence-corrected chi connectivity index (χ4v) is 5.12. The van der Waals surface area contributed by atoms with E-state index in [9.17, 15) is 13.7 Å². The SMILES string of the molecule is [2H]c1c([2H])c([2H])c(-n2c(-c3c([2H])c([2H])c(-c4c5c([2H])c([2H])c([2H])c([2H])c5c(-c5c([2H])c([2H])c6c([2H])c([2H])c([2H])c([2H])c6c5[2H])c5c([2H])c([2H])c([2H])c([2H])c45)c([2H])c3[2H])nc3c([2H])c([2H])c([2H])c([2H])c32)c([2H])c1[2H]. The fourth-order valence-electron chi connectivity index (χ4n) is 5.12. The topological polar surface area (TPSA) is 17.8 Å². The van der Waals surface area contributed by atoms with Gasteiger partial charge in [0.25, 0.3) is 0 Å². The standard InChI is InChI=1S/C43H28N2/c1-2-14-34(15-3-1)45-40-21-11-10-20-39(40)44-43(45)31-25-23-30(24-26-31)41-35-16-6-8-18-37(35)42(38-19-9-7-17-36(38)41)33-27-22-29-12-4-5-13-32(29)28-33/h1-28H/i1D,2D,3D,4D,5D,6D,7D,8D,9D,10D,11D,12D,13D,14D,15D,16D,17D,18D,19D,20D,21D,22D,23D,24D,25D,26D,27D,28D. The summed E-state index contributed by atoms with van der Waals surface area (Å²) in [6.07, 6.45) is 0. The number of benzene rings is 8. The molecule has 1 aromatic heterocycles. The first kappa shape index (κ1) is 10.0. The Morgan fingerprint density at radius 2 is 0.933 bits per heavy atom. The van der Waals surface area contributed by atoms with Gasteiger partial charge in [0.2, 0.25) is 0 Å². The van der Waals surface area contributed by atoms with Gasteiger partial charge in [0.1, 0.15) is 5.82 Å². The molecule has 2 heteroatoms. The Hall–Kier alpha value is -5.99. The van der Waals surface area contributed by atoms with Crippen LogP contribution in [0, 0.1) is 0 Å². The highest BCUT2D eigenvalue weighted by atomic mass is 15.1. The zero-order valence-corrected chi connectivity index (χ0v) is 22.4. The Labute approximate surface area is 300 Å². The summed E-state index contributed by atoms with van der Waals surface area (Å²) in [5.41, 5.74) is -6.01. The minimum absolute atomic E-state index is 0.583. The first-order chi connectivity index (χ1) is 34.0. The van der Waals surface area contributed by atoms with Gasteiger partial charge in [-0.25, -0.2) is 4.98 Å². The summed E-state index contributed by atoms with van der Waals surface area (Å²) in [6, 6.07) is -26.6. The highest BCUT2D eigenvalue weighted by molar-refractivity contribution is 6.21. The lowest BCUT2D eigenvalue weighted by Gasteiger charge is -2.18. The number of rotatable bonds is 4. The smallest absolute Gasteiger partial charge is 0.145 e. The van der Waals surface area contributed by atoms with E-state index < -0.39 is 252 Å². The van der Waals surface area contributed by atoms with Gasteiger partial charge in [0, 0.05) is 11.3 Å². The average molecular weight is 601 g/mol. The molecule has 0 amide bonds. The van der Waals surface area contributed by atoms with Crippen molar-refractivity contribution in [3.8, 4) is 39.3 Å². The maximum Gasteiger partial charge on any atom is 0.145 e. The molecule has 0 unspecified atom stereocenters. The molecule has 0 saturated heterocycles. The van der Waals surface area contributed by atoms with Gasteiger partial charge in [-0.15, -0.1) is 0 Å². The van der Waals surface area contributed by atoms with Crippen LogP contribution in [0.15, 0.2) is 169 Å². The first-order valence-electron chi connectivity index (χ1n) is 27.1. The van der Waals surface area contributed by atoms with Crippen LogP contribution in [0.5, 0.6) is 0 Å². The predicted molar refractivity (Wildman–Crippen MR) is 190 cm³/mol. The van der Waals surface area contributed by atoms with E-state index in [4.69, 9.17) is 24.7 Å². The van der Waals surface area contributed by atoms with Gasteiger partial charge in [-0.2, -0.15) is 0 Å². The molecule has 210 valence electrons. The van der Waals surface area contributed by atoms with Gasteiger partial charge in [-0.05, 0) is 84.8 Å². The van der Waals surface area contributed by atoms with Crippen molar-refractivity contribution in [1.82, 2.24) is 9.55 Å². The number of nitrogens with zero attached hydrogens (tertiary/aromatic N) is 2. The summed E-state index contributed by atoms with van der Waals surface area (Å²) in [7, 11) is 0. The normalized spacial score (nSPS) is 20.3. The molecule has 45 heavy (non-hydrogen) atoms. The van der Waals surface area contributed by atoms with Crippen molar-refractivity contribution in [2.45, 2.75) is 0 Å². The number of aromatic nitrogens is 2. The molecular formula is C43H28N2. The van der Waals surface area contributed by atoms with E-state index >= 15 is 0 Å². The summed E-state index contributed by atoms with van der Waals surface area (Å²) in [6.45, 7) is 0. The van der Waals surface area contributed by atoms with Gasteiger partial charge >= 0.3 is 0 Å². The Kier molecular flexibility index (Phi) is 2.30. The molecule has 0 bridgehead atoms. The van der Waals surface area contributed by atoms with Crippen molar-refractivity contribution < 1.29 is 38.4 Å². The third-order valence-electron chi connectivity index (χ3n) is 6.99. The van der Waals surface area contributed by atoms with E-state index in [1.807, 2.05) is 0 Å². The van der Waals surface area contributed by atoms with Crippen molar-refractivity contribution in [1.29, 1.82) is 0 Å². The summed E-state index contributed by atoms with van der Waals surface area (Å²) in [4.78, 5) is 4.31. The van der Waals surface area contributed by atoms with Gasteiger partial charge in [0.05, 0.1) is 49.4 Å². The second-order valence-corrected chi connectivity index (χ2v) is 9.44. The van der Waals surface area contributed by atoms with Gasteiger partial charge < -0.3 is 0 Å². The number of imidazole rings is 1. The van der Waals surface area contributed by atoms with Crippen LogP contribution in [0.25, 0.3) is 82.7 Å². The van der Waals surface area contributed by atoms with Crippen LogP contribution in [-0.4, -0.2) is 9.55 Å². The van der Waals surface area contributed by atoms with Gasteiger partial charge in [-0.3, -0.25) is 4.57 Å². The van der Waals surface area contributed by atoms with Crippen molar-refractivity contribution in [3.63, 3.8) is 0 Å². The van der Waals surface area contributed by atoms with Crippen LogP contribution < -0.4 is 0 Å². The first-order valence-corrected chi connectivity index (χ1v) is 13.1. The lowest BCUT2D eigenvalue weighted by atomic mass is 9.85. The van der Waals surface area contributed by atoms with Crippen LogP contribution in [0.3, 0.4) is 0 Å². The number of para-hydroxylation sites is 3. The van der Waals surface area contributed by atoms with Crippen LogP contribution in [-0.2, 0) is 0 Å². The molecule has 1 heterocycles. The summed E-state index contributed by atoms with van der Waals surface area (Å²) in [5, 5.41) is -4.22. The second-order valence-electron chi connectivity index (χ2n) is 9.44. The van der Waals surface area contributed by atoms with E-state index in [1.165, 1.54) is 0 Å². The molecule has 0 fully saturated rings. The van der Waals surface area contributed by atoms with Crippen molar-refractivity contribution in [2.75, 3.05) is 0 Å². The van der Waals surface area contributed by atoms with E-state index in [0.717, 1.165) is 0 Å². The zero-order chi connectivity index (χ0) is 54.1. The Morgan fingerprint density at radius 1 is 0.422 bits per heavy atom. The van der Waals surface area contributed by atoms with Gasteiger partial charge in [-0.1, -0.05) is 139 Å². The molecule has 0 saturated carbocycles. The van der Waals surface area contributed by atoms with E-state index in [1.54, 1.807) is 0 Å². The molecular weight excluding hydrogens is 544 g/mol. The Morgan fingerprint density at radius 3 is 1.62 bits per heavy atom. The highest BCUT2D eigenvalue weighted by Crippen LogP contribution is 2.44. The largest absolute Gasteiger partial charge is 0.292 e. The van der Waals surface area contributed by atoms with Crippen LogP contribution in [0.4, 0.5) is 0 Å². The predicted octanol–water partition coefficient (Wildman–Crippen LogP) is 11.5. The molecule has 9 rings (SSSR count). The number of fused-ring (bicyclic) bond motifs is 4. The quantitative estimate of drug-likeness (QED) is 0.184. The minimum Gasteiger partial charge on any atom is -0.292 e. The summed E-state index contributed by atoms with van der Waals surface area (Å²) < 4.78 is 250. The molecule has 0 aliphatic carbocycles. The fraction of sp³-hybridized carbons (Fsp3) is 0. The Balaban J connectivity index is 1.54. The molecule has 0 spiro atoms. The number of hydrogen-bond donors (Lipinski definition) is 0. The molecule has 0 aliphatic heterocycles. The van der Waals surface area contributed by atoms with Crippen molar-refractivity contribution in [2.24, 2.45) is 0 Å². The second kappa shape index (κ2) is 10.3. The molecule has 0 aliphatic rings. The minimum atomic E-state index is -1.12.